The van der Waals surface area contributed by atoms with Gasteiger partial charge >= 0.3 is 0 Å². The van der Waals surface area contributed by atoms with E-state index in [9.17, 15) is 0 Å². The zero-order chi connectivity index (χ0) is 12.4. The van der Waals surface area contributed by atoms with Crippen LogP contribution in [0.4, 0.5) is 0 Å². The summed E-state index contributed by atoms with van der Waals surface area (Å²) in [6.07, 6.45) is 2.80. The molecule has 2 aromatic heterocycles. The van der Waals surface area contributed by atoms with Gasteiger partial charge in [-0.2, -0.15) is 0 Å². The van der Waals surface area contributed by atoms with Crippen LogP contribution in [-0.2, 0) is 19.5 Å². The van der Waals surface area contributed by atoms with Crippen LogP contribution in [0, 0.1) is 6.92 Å². The van der Waals surface area contributed by atoms with Gasteiger partial charge in [0.25, 0.3) is 0 Å². The monoisotopic (exact) mass is 262 g/mol. The molecule has 1 aliphatic rings. The molecule has 96 valence electrons. The lowest BCUT2D eigenvalue weighted by atomic mass is 10.1. The van der Waals surface area contributed by atoms with E-state index in [-0.39, 0.29) is 0 Å². The van der Waals surface area contributed by atoms with E-state index in [1.807, 2.05) is 11.3 Å². The van der Waals surface area contributed by atoms with Gasteiger partial charge in [0, 0.05) is 41.9 Å². The molecule has 0 fully saturated rings. The number of thiophene rings is 1. The minimum Gasteiger partial charge on any atom is -0.347 e. The van der Waals surface area contributed by atoms with E-state index < -0.39 is 0 Å². The first-order chi connectivity index (χ1) is 8.81. The Bertz CT molecular complexity index is 517. The van der Waals surface area contributed by atoms with Crippen molar-refractivity contribution >= 4 is 11.3 Å². The number of fused-ring (bicyclic) bond motifs is 1. The van der Waals surface area contributed by atoms with Crippen molar-refractivity contribution in [3.05, 3.63) is 39.6 Å². The predicted octanol–water partition coefficient (Wildman–Crippen LogP) is 1.58. The fourth-order valence-electron chi connectivity index (χ4n) is 2.32. The third-order valence-electron chi connectivity index (χ3n) is 3.30. The van der Waals surface area contributed by atoms with Crippen LogP contribution in [0.2, 0.25) is 0 Å². The van der Waals surface area contributed by atoms with Crippen LogP contribution in [0.5, 0.6) is 0 Å². The van der Waals surface area contributed by atoms with Crippen LogP contribution in [0.1, 0.15) is 21.1 Å². The average Bonchev–Trinajstić information content (AvgIpc) is 2.97. The van der Waals surface area contributed by atoms with E-state index in [1.165, 1.54) is 21.1 Å². The molecule has 1 atom stereocenters. The first-order valence-corrected chi connectivity index (χ1v) is 7.13. The van der Waals surface area contributed by atoms with Crippen LogP contribution >= 0.6 is 11.3 Å². The predicted molar refractivity (Wildman–Crippen MR) is 73.7 cm³/mol. The zero-order valence-electron chi connectivity index (χ0n) is 10.5. The molecule has 2 aromatic rings. The minimum absolute atomic E-state index is 0.488. The van der Waals surface area contributed by atoms with Crippen LogP contribution in [0.25, 0.3) is 0 Å². The van der Waals surface area contributed by atoms with Crippen molar-refractivity contribution in [3.63, 3.8) is 0 Å². The Morgan fingerprint density at radius 3 is 3.28 bits per heavy atom. The molecule has 0 spiro atoms. The molecule has 0 aliphatic carbocycles. The largest absolute Gasteiger partial charge is 0.347 e. The van der Waals surface area contributed by atoms with Gasteiger partial charge in [-0.3, -0.25) is 0 Å². The summed E-state index contributed by atoms with van der Waals surface area (Å²) in [5, 5.41) is 7.04. The molecule has 3 rings (SSSR count). The lowest BCUT2D eigenvalue weighted by molar-refractivity contribution is 0.441. The average molecular weight is 262 g/mol. The Kier molecular flexibility index (Phi) is 3.45. The van der Waals surface area contributed by atoms with Crippen molar-refractivity contribution in [2.45, 2.75) is 32.5 Å². The Labute approximate surface area is 111 Å². The second-order valence-corrected chi connectivity index (χ2v) is 6.13. The van der Waals surface area contributed by atoms with Crippen molar-refractivity contribution in [3.8, 4) is 0 Å². The molecule has 0 saturated heterocycles. The maximum absolute atomic E-state index is 4.36. The smallest absolute Gasteiger partial charge is 0.0925 e. The molecule has 0 radical (unpaired) electrons. The third kappa shape index (κ3) is 2.63. The Hall–Kier alpha value is -1.17. The normalized spacial score (nSPS) is 18.8. The van der Waals surface area contributed by atoms with E-state index in [4.69, 9.17) is 0 Å². The molecule has 0 amide bonds. The maximum atomic E-state index is 4.36. The van der Waals surface area contributed by atoms with Gasteiger partial charge in [0.15, 0.2) is 0 Å². The highest BCUT2D eigenvalue weighted by atomic mass is 32.1. The molecule has 0 saturated carbocycles. The summed E-state index contributed by atoms with van der Waals surface area (Å²) in [5.74, 6) is 0. The van der Waals surface area contributed by atoms with Gasteiger partial charge in [-0.05, 0) is 19.1 Å². The Morgan fingerprint density at radius 2 is 2.44 bits per heavy atom. The number of aryl methyl sites for hydroxylation is 1. The summed E-state index contributed by atoms with van der Waals surface area (Å²) in [5.41, 5.74) is 2.45. The number of aromatic nitrogens is 2. The summed E-state index contributed by atoms with van der Waals surface area (Å²) < 4.78 is 0. The van der Waals surface area contributed by atoms with Crippen molar-refractivity contribution in [2.24, 2.45) is 0 Å². The number of nitrogens with one attached hydrogen (secondary N) is 3. The summed E-state index contributed by atoms with van der Waals surface area (Å²) in [7, 11) is 0. The quantitative estimate of drug-likeness (QED) is 0.784. The van der Waals surface area contributed by atoms with Crippen LogP contribution < -0.4 is 10.6 Å². The SMILES string of the molecule is Cc1ccc(CNCC2Cc3nc[nH]c3CN2)s1. The number of nitrogens with zero attached hydrogens (tertiary/aromatic N) is 1. The standard InChI is InChI=1S/C13H18N4S/c1-9-2-3-11(18-9)6-14-5-10-4-12-13(7-15-10)17-8-16-12/h2-3,8,10,14-15H,4-7H2,1H3,(H,16,17). The number of H-pyrrole nitrogens is 1. The lowest BCUT2D eigenvalue weighted by Gasteiger charge is -2.23. The van der Waals surface area contributed by atoms with Crippen LogP contribution in [-0.4, -0.2) is 22.6 Å². The fourth-order valence-corrected chi connectivity index (χ4v) is 3.18. The van der Waals surface area contributed by atoms with Gasteiger partial charge in [0.1, 0.15) is 0 Å². The van der Waals surface area contributed by atoms with E-state index >= 15 is 0 Å². The Morgan fingerprint density at radius 1 is 1.50 bits per heavy atom. The molecule has 1 aliphatic heterocycles. The van der Waals surface area contributed by atoms with E-state index in [0.29, 0.717) is 6.04 Å². The van der Waals surface area contributed by atoms with Crippen LogP contribution in [0.3, 0.4) is 0 Å². The van der Waals surface area contributed by atoms with Gasteiger partial charge in [-0.1, -0.05) is 0 Å². The topological polar surface area (TPSA) is 52.7 Å². The molecule has 3 heterocycles. The Balaban J connectivity index is 1.47. The third-order valence-corrected chi connectivity index (χ3v) is 4.30. The molecular formula is C13H18N4S. The van der Waals surface area contributed by atoms with Crippen molar-refractivity contribution in [1.82, 2.24) is 20.6 Å². The number of hydrogen-bond acceptors (Lipinski definition) is 4. The van der Waals surface area contributed by atoms with E-state index in [1.54, 1.807) is 6.33 Å². The van der Waals surface area contributed by atoms with E-state index in [2.05, 4.69) is 39.7 Å². The highest BCUT2D eigenvalue weighted by Gasteiger charge is 2.19. The summed E-state index contributed by atoms with van der Waals surface area (Å²) >= 11 is 1.86. The van der Waals surface area contributed by atoms with Gasteiger partial charge in [-0.15, -0.1) is 11.3 Å². The molecule has 18 heavy (non-hydrogen) atoms. The summed E-state index contributed by atoms with van der Waals surface area (Å²) in [6, 6.07) is 4.87. The lowest BCUT2D eigenvalue weighted by Crippen LogP contribution is -2.42. The van der Waals surface area contributed by atoms with Crippen molar-refractivity contribution in [1.29, 1.82) is 0 Å². The molecule has 4 nitrogen and oxygen atoms in total. The van der Waals surface area contributed by atoms with Gasteiger partial charge in [0.05, 0.1) is 17.7 Å². The van der Waals surface area contributed by atoms with E-state index in [0.717, 1.165) is 26.1 Å². The summed E-state index contributed by atoms with van der Waals surface area (Å²) in [6.45, 7) is 5.00. The van der Waals surface area contributed by atoms with Gasteiger partial charge < -0.3 is 15.6 Å². The molecule has 3 N–H and O–H groups in total. The number of rotatable bonds is 4. The maximum Gasteiger partial charge on any atom is 0.0925 e. The fraction of sp³-hybridized carbons (Fsp3) is 0.462. The second kappa shape index (κ2) is 5.22. The zero-order valence-corrected chi connectivity index (χ0v) is 11.3. The highest BCUT2D eigenvalue weighted by Crippen LogP contribution is 2.15. The first-order valence-electron chi connectivity index (χ1n) is 6.32. The molecule has 5 heteroatoms. The minimum atomic E-state index is 0.488. The molecule has 1 unspecified atom stereocenters. The summed E-state index contributed by atoms with van der Waals surface area (Å²) in [4.78, 5) is 10.3. The van der Waals surface area contributed by atoms with Crippen molar-refractivity contribution < 1.29 is 0 Å². The van der Waals surface area contributed by atoms with Gasteiger partial charge in [0.2, 0.25) is 0 Å². The second-order valence-electron chi connectivity index (χ2n) is 4.75. The van der Waals surface area contributed by atoms with Crippen molar-refractivity contribution in [2.75, 3.05) is 6.54 Å². The molecule has 0 aromatic carbocycles. The number of hydrogen-bond donors (Lipinski definition) is 3. The van der Waals surface area contributed by atoms with Crippen LogP contribution in [0.15, 0.2) is 18.5 Å². The van der Waals surface area contributed by atoms with Gasteiger partial charge in [-0.25, -0.2) is 4.98 Å². The number of aromatic amines is 1. The highest BCUT2D eigenvalue weighted by molar-refractivity contribution is 7.11. The first kappa shape index (κ1) is 11.9. The molecule has 0 bridgehead atoms. The number of imidazole rings is 1. The molecular weight excluding hydrogens is 244 g/mol.